The van der Waals surface area contributed by atoms with Crippen molar-refractivity contribution in [3.05, 3.63) is 73.2 Å². The Morgan fingerprint density at radius 2 is 1.82 bits per heavy atom. The summed E-state index contributed by atoms with van der Waals surface area (Å²) in [5.74, 6) is -2.60. The van der Waals surface area contributed by atoms with Gasteiger partial charge in [0, 0.05) is 19.6 Å². The van der Waals surface area contributed by atoms with Gasteiger partial charge in [0.25, 0.3) is 0 Å². The van der Waals surface area contributed by atoms with Crippen LogP contribution in [0.4, 0.5) is 13.2 Å². The van der Waals surface area contributed by atoms with Crippen LogP contribution < -0.4 is 5.32 Å². The summed E-state index contributed by atoms with van der Waals surface area (Å²) in [5.41, 5.74) is 2.23. The number of hydrogen-bond donors (Lipinski definition) is 3. The molecule has 3 N–H and O–H groups in total. The van der Waals surface area contributed by atoms with Crippen molar-refractivity contribution in [3.63, 3.8) is 0 Å². The number of benzene rings is 1. The standard InChI is InChI=1S/C17H17N3OS.C4H2Cl2O3S2.C2HF3O2/c18-9-15-8-14(12-22-15)11-20-7-6-16(17(20)21)19-10-13-4-2-1-3-5-13;5-2-1-3(10-4(2)6)11(7,8)9;3-2(4,5)1(6)7/h1-5,8,12,16,19H,6-7,10-11H2;1H,(H,7,8,9);(H,6,7)/t16-;;/m0../s1. The molecule has 1 aliphatic heterocycles. The van der Waals surface area contributed by atoms with Gasteiger partial charge in [-0.15, -0.1) is 22.7 Å². The normalized spacial score (nSPS) is 15.0. The highest BCUT2D eigenvalue weighted by Gasteiger charge is 2.38. The lowest BCUT2D eigenvalue weighted by atomic mass is 10.2. The maximum atomic E-state index is 12.4. The number of nitrogens with one attached hydrogen (secondary N) is 1. The minimum Gasteiger partial charge on any atom is -0.475 e. The van der Waals surface area contributed by atoms with Crippen LogP contribution in [0.15, 0.2) is 52.1 Å². The zero-order valence-electron chi connectivity index (χ0n) is 20.1. The minimum atomic E-state index is -5.08. The third-order valence-electron chi connectivity index (χ3n) is 4.95. The summed E-state index contributed by atoms with van der Waals surface area (Å²) in [6.07, 6.45) is -4.25. The molecule has 0 radical (unpaired) electrons. The van der Waals surface area contributed by atoms with Crippen molar-refractivity contribution in [2.24, 2.45) is 0 Å². The molecule has 1 aromatic carbocycles. The molecule has 1 fully saturated rings. The Hall–Kier alpha value is -2.71. The van der Waals surface area contributed by atoms with Crippen molar-refractivity contribution >= 4 is 67.9 Å². The second-order valence-electron chi connectivity index (χ2n) is 7.86. The van der Waals surface area contributed by atoms with Gasteiger partial charge in [0.1, 0.15) is 19.5 Å². The summed E-state index contributed by atoms with van der Waals surface area (Å²) in [7, 11) is -4.15. The maximum Gasteiger partial charge on any atom is 0.490 e. The number of amides is 1. The fourth-order valence-corrected chi connectivity index (χ4v) is 6.05. The number of carbonyl (C=O) groups is 2. The van der Waals surface area contributed by atoms with Gasteiger partial charge in [0.15, 0.2) is 0 Å². The third-order valence-corrected chi connectivity index (χ3v) is 9.00. The highest BCUT2D eigenvalue weighted by Crippen LogP contribution is 2.33. The van der Waals surface area contributed by atoms with Crippen molar-refractivity contribution in [2.75, 3.05) is 6.54 Å². The predicted octanol–water partition coefficient (Wildman–Crippen LogP) is 5.45. The molecule has 0 saturated carbocycles. The first-order chi connectivity index (χ1) is 18.6. The highest BCUT2D eigenvalue weighted by atomic mass is 35.5. The van der Waals surface area contributed by atoms with Gasteiger partial charge in [-0.25, -0.2) is 4.79 Å². The van der Waals surface area contributed by atoms with Crippen LogP contribution in [0.3, 0.4) is 0 Å². The number of rotatable bonds is 6. The number of aliphatic carboxylic acids is 1. The molecular formula is C23H20Cl2F3N3O6S3. The average molecular weight is 659 g/mol. The van der Waals surface area contributed by atoms with Crippen LogP contribution >= 0.6 is 45.9 Å². The van der Waals surface area contributed by atoms with E-state index in [9.17, 15) is 26.4 Å². The lowest BCUT2D eigenvalue weighted by Gasteiger charge is -2.16. The van der Waals surface area contributed by atoms with E-state index in [1.54, 1.807) is 0 Å². The molecule has 1 aliphatic rings. The van der Waals surface area contributed by atoms with Gasteiger partial charge >= 0.3 is 22.3 Å². The maximum absolute atomic E-state index is 12.4. The summed E-state index contributed by atoms with van der Waals surface area (Å²) < 4.78 is 61.0. The van der Waals surface area contributed by atoms with Gasteiger partial charge < -0.3 is 15.3 Å². The van der Waals surface area contributed by atoms with Crippen LogP contribution in [0.25, 0.3) is 0 Å². The van der Waals surface area contributed by atoms with Crippen LogP contribution in [0.5, 0.6) is 0 Å². The molecule has 0 bridgehead atoms. The number of carboxylic acids is 1. The van der Waals surface area contributed by atoms with E-state index in [-0.39, 0.29) is 25.5 Å². The van der Waals surface area contributed by atoms with Crippen molar-refractivity contribution in [2.45, 2.75) is 35.9 Å². The molecule has 9 nitrogen and oxygen atoms in total. The molecular weight excluding hydrogens is 638 g/mol. The molecule has 1 saturated heterocycles. The molecule has 1 atom stereocenters. The van der Waals surface area contributed by atoms with E-state index in [4.69, 9.17) is 42.9 Å². The Morgan fingerprint density at radius 3 is 2.27 bits per heavy atom. The molecule has 0 aliphatic carbocycles. The van der Waals surface area contributed by atoms with Crippen LogP contribution in [-0.2, 0) is 32.8 Å². The average Bonchev–Trinajstić information content (AvgIpc) is 3.58. The number of hydrogen-bond acceptors (Lipinski definition) is 8. The Bertz CT molecular complexity index is 1440. The van der Waals surface area contributed by atoms with Crippen LogP contribution in [-0.4, -0.2) is 53.6 Å². The molecule has 3 heterocycles. The van der Waals surface area contributed by atoms with Gasteiger partial charge in [-0.2, -0.15) is 26.9 Å². The van der Waals surface area contributed by atoms with Crippen molar-refractivity contribution in [3.8, 4) is 6.07 Å². The van der Waals surface area contributed by atoms with E-state index in [2.05, 4.69) is 23.5 Å². The van der Waals surface area contributed by atoms with Gasteiger partial charge in [-0.3, -0.25) is 9.35 Å². The number of nitrogens with zero attached hydrogens (tertiary/aromatic N) is 2. The zero-order chi connectivity index (χ0) is 30.1. The summed E-state index contributed by atoms with van der Waals surface area (Å²) in [6, 6.07) is 15.1. The van der Waals surface area contributed by atoms with Crippen LogP contribution in [0, 0.1) is 11.3 Å². The van der Waals surface area contributed by atoms with E-state index in [1.165, 1.54) is 16.9 Å². The molecule has 1 amide bonds. The Kier molecular flexibility index (Phi) is 12.4. The first-order valence-corrected chi connectivity index (χ1v) is 14.8. The van der Waals surface area contributed by atoms with E-state index < -0.39 is 22.3 Å². The molecule has 4 rings (SSSR count). The Balaban J connectivity index is 0.000000259. The molecule has 2 aromatic heterocycles. The van der Waals surface area contributed by atoms with Crippen LogP contribution in [0.1, 0.15) is 22.4 Å². The highest BCUT2D eigenvalue weighted by molar-refractivity contribution is 7.88. The van der Waals surface area contributed by atoms with Gasteiger partial charge in [0.2, 0.25) is 5.91 Å². The van der Waals surface area contributed by atoms with Crippen molar-refractivity contribution < 1.29 is 40.8 Å². The fraction of sp³-hybridized carbons (Fsp3) is 0.261. The number of alkyl halides is 3. The second-order valence-corrected chi connectivity index (χ2v) is 12.5. The first kappa shape index (κ1) is 33.5. The van der Waals surface area contributed by atoms with Gasteiger partial charge in [-0.05, 0) is 35.1 Å². The number of halogens is 5. The number of carbonyl (C=O) groups excluding carboxylic acids is 1. The molecule has 17 heteroatoms. The van der Waals surface area contributed by atoms with Crippen molar-refractivity contribution in [1.29, 1.82) is 5.26 Å². The molecule has 216 valence electrons. The number of nitriles is 1. The topological polar surface area (TPSA) is 148 Å². The van der Waals surface area contributed by atoms with Gasteiger partial charge in [-0.1, -0.05) is 53.5 Å². The summed E-state index contributed by atoms with van der Waals surface area (Å²) in [6.45, 7) is 2.08. The quantitative estimate of drug-likeness (QED) is 0.297. The number of likely N-dealkylation sites (tertiary alicyclic amines) is 1. The molecule has 40 heavy (non-hydrogen) atoms. The van der Waals surface area contributed by atoms with E-state index in [0.29, 0.717) is 29.3 Å². The summed E-state index contributed by atoms with van der Waals surface area (Å²) in [4.78, 5) is 23.9. The zero-order valence-corrected chi connectivity index (χ0v) is 24.0. The summed E-state index contributed by atoms with van der Waals surface area (Å²) >= 11 is 13.0. The fourth-order valence-electron chi connectivity index (χ4n) is 3.11. The Morgan fingerprint density at radius 1 is 1.20 bits per heavy atom. The predicted molar refractivity (Wildman–Crippen MR) is 144 cm³/mol. The van der Waals surface area contributed by atoms with Crippen LogP contribution in [0.2, 0.25) is 9.36 Å². The largest absolute Gasteiger partial charge is 0.490 e. The third kappa shape index (κ3) is 10.7. The van der Waals surface area contributed by atoms with Crippen molar-refractivity contribution in [1.82, 2.24) is 10.2 Å². The SMILES string of the molecule is N#Cc1cc(CN2CC[C@H](NCc3ccccc3)C2=O)cs1.O=C(O)C(F)(F)F.O=S(=O)(O)c1cc(Cl)c(Cl)s1. The number of thiophene rings is 2. The summed E-state index contributed by atoms with van der Waals surface area (Å²) in [5, 5.41) is 21.4. The van der Waals surface area contributed by atoms with E-state index in [1.807, 2.05) is 34.5 Å². The second kappa shape index (κ2) is 14.8. The van der Waals surface area contributed by atoms with E-state index >= 15 is 0 Å². The lowest BCUT2D eigenvalue weighted by Crippen LogP contribution is -2.37. The van der Waals surface area contributed by atoms with Gasteiger partial charge in [0.05, 0.1) is 11.1 Å². The minimum absolute atomic E-state index is 0.103. The molecule has 3 aromatic rings. The molecule has 0 spiro atoms. The van der Waals surface area contributed by atoms with E-state index in [0.717, 1.165) is 24.6 Å². The number of carboxylic acid groups (broad SMARTS) is 1. The Labute approximate surface area is 245 Å². The monoisotopic (exact) mass is 657 g/mol. The smallest absolute Gasteiger partial charge is 0.475 e. The first-order valence-electron chi connectivity index (χ1n) is 10.9. The lowest BCUT2D eigenvalue weighted by molar-refractivity contribution is -0.192. The molecule has 0 unspecified atom stereocenters.